The van der Waals surface area contributed by atoms with E-state index < -0.39 is 0 Å². The summed E-state index contributed by atoms with van der Waals surface area (Å²) in [5.74, 6) is 0.664. The molecule has 3 rings (SSSR count). The fourth-order valence-corrected chi connectivity index (χ4v) is 4.94. The van der Waals surface area contributed by atoms with E-state index in [2.05, 4.69) is 11.8 Å². The molecule has 3 heterocycles. The number of likely N-dealkylation sites (tertiary alicyclic amines) is 2. The number of piperazine rings is 1. The zero-order valence-corrected chi connectivity index (χ0v) is 19.4. The van der Waals surface area contributed by atoms with E-state index >= 15 is 0 Å². The van der Waals surface area contributed by atoms with E-state index in [4.69, 9.17) is 0 Å². The summed E-state index contributed by atoms with van der Waals surface area (Å²) in [6.45, 7) is 13.6. The van der Waals surface area contributed by atoms with Crippen LogP contribution in [0.15, 0.2) is 0 Å². The molecule has 1 unspecified atom stereocenters. The predicted octanol–water partition coefficient (Wildman–Crippen LogP) is 1.82. The molecule has 0 bridgehead atoms. The molecule has 3 fully saturated rings. The molecule has 3 aliphatic heterocycles. The van der Waals surface area contributed by atoms with Gasteiger partial charge < -0.3 is 14.7 Å². The highest BCUT2D eigenvalue weighted by Gasteiger charge is 2.35. The van der Waals surface area contributed by atoms with Gasteiger partial charge in [0.1, 0.15) is 0 Å². The average Bonchev–Trinajstić information content (AvgIpc) is 2.73. The maximum Gasteiger partial charge on any atom is 0.236 e. The standard InChI is InChI=1S/C23H40N4O3/c1-18-7-5-6-10-27(18)20(28)17-24-13-15-25(16-14-24)21(29)19-8-11-26(12-9-19)22(30)23(2,3)4/h18-19H,5-17H2,1-4H3. The second-order valence-electron chi connectivity index (χ2n) is 10.3. The highest BCUT2D eigenvalue weighted by molar-refractivity contribution is 5.83. The maximum absolute atomic E-state index is 13.0. The highest BCUT2D eigenvalue weighted by Crippen LogP contribution is 2.25. The number of hydrogen-bond acceptors (Lipinski definition) is 4. The van der Waals surface area contributed by atoms with E-state index in [0.717, 1.165) is 45.3 Å². The normalized spacial score (nSPS) is 24.8. The Labute approximate surface area is 181 Å². The van der Waals surface area contributed by atoms with Crippen LogP contribution in [-0.4, -0.2) is 95.7 Å². The highest BCUT2D eigenvalue weighted by atomic mass is 16.2. The Hall–Kier alpha value is -1.63. The first-order valence-electron chi connectivity index (χ1n) is 11.8. The summed E-state index contributed by atoms with van der Waals surface area (Å²) in [4.78, 5) is 46.2. The van der Waals surface area contributed by atoms with Gasteiger partial charge in [0.05, 0.1) is 6.54 Å². The average molecular weight is 421 g/mol. The summed E-state index contributed by atoms with van der Waals surface area (Å²) in [6, 6.07) is 0.352. The summed E-state index contributed by atoms with van der Waals surface area (Å²) in [6.07, 6.45) is 4.94. The van der Waals surface area contributed by atoms with Gasteiger partial charge in [-0.3, -0.25) is 19.3 Å². The van der Waals surface area contributed by atoms with Gasteiger partial charge in [0.2, 0.25) is 17.7 Å². The SMILES string of the molecule is CC1CCCCN1C(=O)CN1CCN(C(=O)C2CCN(C(=O)C(C)(C)C)CC2)CC1. The van der Waals surface area contributed by atoms with Crippen molar-refractivity contribution < 1.29 is 14.4 Å². The molecular weight excluding hydrogens is 380 g/mol. The van der Waals surface area contributed by atoms with Gasteiger partial charge in [-0.1, -0.05) is 20.8 Å². The van der Waals surface area contributed by atoms with E-state index in [-0.39, 0.29) is 29.1 Å². The van der Waals surface area contributed by atoms with Gasteiger partial charge in [-0.25, -0.2) is 0 Å². The largest absolute Gasteiger partial charge is 0.342 e. The summed E-state index contributed by atoms with van der Waals surface area (Å²) in [5, 5.41) is 0. The fourth-order valence-electron chi connectivity index (χ4n) is 4.94. The fraction of sp³-hybridized carbons (Fsp3) is 0.870. The number of carbonyl (C=O) groups excluding carboxylic acids is 3. The van der Waals surface area contributed by atoms with Gasteiger partial charge in [-0.2, -0.15) is 0 Å². The van der Waals surface area contributed by atoms with Crippen molar-refractivity contribution in [2.75, 3.05) is 52.4 Å². The molecule has 0 aromatic heterocycles. The minimum absolute atomic E-state index is 0.0244. The third kappa shape index (κ3) is 5.54. The summed E-state index contributed by atoms with van der Waals surface area (Å²) < 4.78 is 0. The van der Waals surface area contributed by atoms with Crippen molar-refractivity contribution >= 4 is 17.7 Å². The van der Waals surface area contributed by atoms with Gasteiger partial charge in [-0.05, 0) is 39.0 Å². The van der Waals surface area contributed by atoms with Crippen LogP contribution in [0.1, 0.15) is 59.8 Å². The molecule has 3 amide bonds. The molecule has 0 spiro atoms. The molecule has 0 radical (unpaired) electrons. The molecule has 30 heavy (non-hydrogen) atoms. The molecule has 0 aliphatic carbocycles. The van der Waals surface area contributed by atoms with Gasteiger partial charge >= 0.3 is 0 Å². The number of carbonyl (C=O) groups is 3. The Balaban J connectivity index is 1.41. The Bertz CT molecular complexity index is 629. The van der Waals surface area contributed by atoms with Gasteiger partial charge in [0.25, 0.3) is 0 Å². The van der Waals surface area contributed by atoms with Crippen LogP contribution in [0.4, 0.5) is 0 Å². The lowest BCUT2D eigenvalue weighted by atomic mass is 9.90. The summed E-state index contributed by atoms with van der Waals surface area (Å²) >= 11 is 0. The van der Waals surface area contributed by atoms with E-state index in [1.54, 1.807) is 0 Å². The maximum atomic E-state index is 13.0. The van der Waals surface area contributed by atoms with Crippen molar-refractivity contribution in [3.8, 4) is 0 Å². The van der Waals surface area contributed by atoms with Crippen molar-refractivity contribution in [2.45, 2.75) is 65.8 Å². The predicted molar refractivity (Wildman–Crippen MR) is 117 cm³/mol. The van der Waals surface area contributed by atoms with Crippen molar-refractivity contribution in [1.82, 2.24) is 19.6 Å². The second kappa shape index (κ2) is 9.67. The number of rotatable bonds is 3. The first-order chi connectivity index (χ1) is 14.2. The van der Waals surface area contributed by atoms with Crippen LogP contribution in [-0.2, 0) is 14.4 Å². The molecule has 7 nitrogen and oxygen atoms in total. The Morgan fingerprint density at radius 3 is 2.00 bits per heavy atom. The first-order valence-corrected chi connectivity index (χ1v) is 11.8. The van der Waals surface area contributed by atoms with Crippen molar-refractivity contribution in [2.24, 2.45) is 11.3 Å². The molecule has 170 valence electrons. The van der Waals surface area contributed by atoms with Crippen LogP contribution < -0.4 is 0 Å². The number of nitrogens with zero attached hydrogens (tertiary/aromatic N) is 4. The van der Waals surface area contributed by atoms with Crippen LogP contribution >= 0.6 is 0 Å². The quantitative estimate of drug-likeness (QED) is 0.699. The van der Waals surface area contributed by atoms with Crippen LogP contribution in [0.5, 0.6) is 0 Å². The number of amides is 3. The smallest absolute Gasteiger partial charge is 0.236 e. The van der Waals surface area contributed by atoms with Crippen molar-refractivity contribution in [1.29, 1.82) is 0 Å². The number of piperidine rings is 2. The van der Waals surface area contributed by atoms with E-state index in [0.29, 0.717) is 38.8 Å². The molecule has 0 aromatic rings. The topological polar surface area (TPSA) is 64.2 Å². The molecule has 0 saturated carbocycles. The third-order valence-corrected chi connectivity index (χ3v) is 6.94. The minimum atomic E-state index is -0.364. The van der Waals surface area contributed by atoms with Crippen molar-refractivity contribution in [3.63, 3.8) is 0 Å². The monoisotopic (exact) mass is 420 g/mol. The van der Waals surface area contributed by atoms with Crippen LogP contribution in [0.3, 0.4) is 0 Å². The second-order valence-corrected chi connectivity index (χ2v) is 10.3. The Morgan fingerprint density at radius 1 is 0.800 bits per heavy atom. The lowest BCUT2D eigenvalue weighted by molar-refractivity contribution is -0.146. The first kappa shape index (κ1) is 23.0. The summed E-state index contributed by atoms with van der Waals surface area (Å²) in [5.41, 5.74) is -0.364. The Morgan fingerprint density at radius 2 is 1.43 bits per heavy atom. The molecule has 1 atom stereocenters. The zero-order valence-electron chi connectivity index (χ0n) is 19.4. The summed E-state index contributed by atoms with van der Waals surface area (Å²) in [7, 11) is 0. The molecule has 0 aromatic carbocycles. The molecule has 3 aliphatic rings. The third-order valence-electron chi connectivity index (χ3n) is 6.94. The minimum Gasteiger partial charge on any atom is -0.342 e. The van der Waals surface area contributed by atoms with E-state index in [1.807, 2.05) is 35.5 Å². The van der Waals surface area contributed by atoms with Gasteiger partial charge in [0, 0.05) is 63.2 Å². The van der Waals surface area contributed by atoms with Gasteiger partial charge in [0.15, 0.2) is 0 Å². The molecule has 7 heteroatoms. The van der Waals surface area contributed by atoms with Crippen LogP contribution in [0.25, 0.3) is 0 Å². The van der Waals surface area contributed by atoms with Crippen LogP contribution in [0.2, 0.25) is 0 Å². The number of hydrogen-bond donors (Lipinski definition) is 0. The van der Waals surface area contributed by atoms with Crippen molar-refractivity contribution in [3.05, 3.63) is 0 Å². The van der Waals surface area contributed by atoms with Crippen LogP contribution in [0, 0.1) is 11.3 Å². The van der Waals surface area contributed by atoms with E-state index in [1.165, 1.54) is 6.42 Å². The van der Waals surface area contributed by atoms with Gasteiger partial charge in [-0.15, -0.1) is 0 Å². The lowest BCUT2D eigenvalue weighted by Gasteiger charge is -2.40. The zero-order chi connectivity index (χ0) is 21.9. The molecule has 0 N–H and O–H groups in total. The molecular formula is C23H40N4O3. The lowest BCUT2D eigenvalue weighted by Crippen LogP contribution is -2.54. The Kier molecular flexibility index (Phi) is 7.43. The van der Waals surface area contributed by atoms with E-state index in [9.17, 15) is 14.4 Å². The molecule has 3 saturated heterocycles.